The summed E-state index contributed by atoms with van der Waals surface area (Å²) in [5.41, 5.74) is 0. The average molecular weight is 225 g/mol. The lowest BCUT2D eigenvalue weighted by Gasteiger charge is -2.11. The van der Waals surface area contributed by atoms with Crippen LogP contribution < -0.4 is 10.6 Å². The summed E-state index contributed by atoms with van der Waals surface area (Å²) in [7, 11) is 3.30. The Bertz CT molecular complexity index is 346. The highest BCUT2D eigenvalue weighted by molar-refractivity contribution is 5.91. The number of hydrogen-bond donors (Lipinski definition) is 2. The third-order valence-corrected chi connectivity index (χ3v) is 1.84. The molecule has 0 atom stereocenters. The highest BCUT2D eigenvalue weighted by atomic mass is 16.3. The largest absolute Gasteiger partial charge is 0.459 e. The number of hydrogen-bond acceptors (Lipinski definition) is 3. The van der Waals surface area contributed by atoms with Crippen LogP contribution in [0.1, 0.15) is 10.6 Å². The molecule has 2 N–H and O–H groups in total. The van der Waals surface area contributed by atoms with Crippen molar-refractivity contribution in [3.8, 4) is 0 Å². The van der Waals surface area contributed by atoms with E-state index in [1.54, 1.807) is 26.2 Å². The minimum absolute atomic E-state index is 0.188. The molecule has 6 heteroatoms. The Kier molecular flexibility index (Phi) is 4.38. The lowest BCUT2D eigenvalue weighted by atomic mass is 10.4. The molecule has 0 bridgehead atoms. The summed E-state index contributed by atoms with van der Waals surface area (Å²) >= 11 is 0. The molecule has 6 nitrogen and oxygen atoms in total. The van der Waals surface area contributed by atoms with E-state index in [4.69, 9.17) is 4.42 Å². The van der Waals surface area contributed by atoms with Gasteiger partial charge in [0.15, 0.2) is 5.76 Å². The predicted octanol–water partition coefficient (Wildman–Crippen LogP) is 0.281. The van der Waals surface area contributed by atoms with E-state index in [-0.39, 0.29) is 17.7 Å². The number of furan rings is 1. The van der Waals surface area contributed by atoms with Crippen LogP contribution in [-0.2, 0) is 0 Å². The zero-order valence-corrected chi connectivity index (χ0v) is 9.32. The van der Waals surface area contributed by atoms with Crippen LogP contribution in [0.15, 0.2) is 22.8 Å². The van der Waals surface area contributed by atoms with Crippen LogP contribution in [0.25, 0.3) is 0 Å². The molecule has 0 aliphatic heterocycles. The van der Waals surface area contributed by atoms with Crippen LogP contribution in [0.5, 0.6) is 0 Å². The minimum atomic E-state index is -0.288. The van der Waals surface area contributed by atoms with Crippen LogP contribution in [0.3, 0.4) is 0 Å². The Balaban J connectivity index is 2.17. The van der Waals surface area contributed by atoms with Crippen LogP contribution in [0.4, 0.5) is 4.79 Å². The lowest BCUT2D eigenvalue weighted by molar-refractivity contribution is 0.0926. The van der Waals surface area contributed by atoms with Crippen LogP contribution in [0, 0.1) is 0 Å². The zero-order chi connectivity index (χ0) is 12.0. The van der Waals surface area contributed by atoms with Crippen molar-refractivity contribution in [2.24, 2.45) is 0 Å². The second-order valence-corrected chi connectivity index (χ2v) is 3.36. The second kappa shape index (κ2) is 5.79. The topological polar surface area (TPSA) is 74.6 Å². The molecule has 3 amide bonds. The summed E-state index contributed by atoms with van der Waals surface area (Å²) in [6, 6.07) is 3.03. The Labute approximate surface area is 93.6 Å². The van der Waals surface area contributed by atoms with Gasteiger partial charge < -0.3 is 20.0 Å². The first-order valence-electron chi connectivity index (χ1n) is 4.88. The monoisotopic (exact) mass is 225 g/mol. The van der Waals surface area contributed by atoms with E-state index >= 15 is 0 Å². The number of nitrogens with one attached hydrogen (secondary N) is 2. The van der Waals surface area contributed by atoms with Gasteiger partial charge in [-0.1, -0.05) is 0 Å². The van der Waals surface area contributed by atoms with Gasteiger partial charge in [0, 0.05) is 27.2 Å². The van der Waals surface area contributed by atoms with E-state index in [1.807, 2.05) is 0 Å². The molecule has 1 rings (SSSR count). The quantitative estimate of drug-likeness (QED) is 0.723. The van der Waals surface area contributed by atoms with E-state index in [0.717, 1.165) is 0 Å². The summed E-state index contributed by atoms with van der Waals surface area (Å²) in [6.45, 7) is 0.739. The summed E-state index contributed by atoms with van der Waals surface area (Å²) in [6.07, 6.45) is 1.43. The van der Waals surface area contributed by atoms with Crippen molar-refractivity contribution in [1.82, 2.24) is 15.5 Å². The summed E-state index contributed by atoms with van der Waals surface area (Å²) in [5.74, 6) is -0.0250. The molecule has 0 fully saturated rings. The molecule has 1 aromatic rings. The van der Waals surface area contributed by atoms with E-state index < -0.39 is 0 Å². The van der Waals surface area contributed by atoms with Crippen molar-refractivity contribution in [1.29, 1.82) is 0 Å². The van der Waals surface area contributed by atoms with Gasteiger partial charge in [-0.25, -0.2) is 4.79 Å². The van der Waals surface area contributed by atoms with Gasteiger partial charge in [0.2, 0.25) is 0 Å². The Morgan fingerprint density at radius 3 is 2.56 bits per heavy atom. The minimum Gasteiger partial charge on any atom is -0.459 e. The zero-order valence-electron chi connectivity index (χ0n) is 9.32. The Morgan fingerprint density at radius 2 is 2.00 bits per heavy atom. The molecular formula is C10H15N3O3. The molecule has 1 heterocycles. The van der Waals surface area contributed by atoms with Crippen LogP contribution in [-0.4, -0.2) is 44.0 Å². The SMILES string of the molecule is CN(C)C(=O)NCCNC(=O)c1ccco1. The van der Waals surface area contributed by atoms with E-state index in [9.17, 15) is 9.59 Å². The van der Waals surface area contributed by atoms with Gasteiger partial charge in [-0.2, -0.15) is 0 Å². The maximum absolute atomic E-state index is 11.4. The second-order valence-electron chi connectivity index (χ2n) is 3.36. The van der Waals surface area contributed by atoms with Crippen molar-refractivity contribution in [3.63, 3.8) is 0 Å². The molecule has 0 aliphatic rings. The van der Waals surface area contributed by atoms with Crippen molar-refractivity contribution < 1.29 is 14.0 Å². The Hall–Kier alpha value is -1.98. The van der Waals surface area contributed by atoms with Crippen molar-refractivity contribution >= 4 is 11.9 Å². The van der Waals surface area contributed by atoms with Gasteiger partial charge in [-0.15, -0.1) is 0 Å². The fraction of sp³-hybridized carbons (Fsp3) is 0.400. The standard InChI is InChI=1S/C10H15N3O3/c1-13(2)10(15)12-6-5-11-9(14)8-4-3-7-16-8/h3-4,7H,5-6H2,1-2H3,(H,11,14)(H,12,15). The van der Waals surface area contributed by atoms with Crippen molar-refractivity contribution in [2.75, 3.05) is 27.2 Å². The number of carbonyl (C=O) groups is 2. The smallest absolute Gasteiger partial charge is 0.316 e. The summed E-state index contributed by atoms with van der Waals surface area (Å²) < 4.78 is 4.90. The molecule has 0 aliphatic carbocycles. The van der Waals surface area contributed by atoms with E-state index in [2.05, 4.69) is 10.6 Å². The highest BCUT2D eigenvalue weighted by Crippen LogP contribution is 1.98. The Morgan fingerprint density at radius 1 is 1.31 bits per heavy atom. The summed E-state index contributed by atoms with van der Waals surface area (Å²) in [5, 5.41) is 5.24. The number of nitrogens with zero attached hydrogens (tertiary/aromatic N) is 1. The fourth-order valence-corrected chi connectivity index (χ4v) is 0.998. The van der Waals surface area contributed by atoms with E-state index in [0.29, 0.717) is 13.1 Å². The third-order valence-electron chi connectivity index (χ3n) is 1.84. The van der Waals surface area contributed by atoms with Crippen molar-refractivity contribution in [2.45, 2.75) is 0 Å². The fourth-order valence-electron chi connectivity index (χ4n) is 0.998. The average Bonchev–Trinajstić information content (AvgIpc) is 2.76. The highest BCUT2D eigenvalue weighted by Gasteiger charge is 2.07. The van der Waals surface area contributed by atoms with Gasteiger partial charge in [0.05, 0.1) is 6.26 Å². The number of urea groups is 1. The number of rotatable bonds is 4. The molecule has 0 saturated carbocycles. The molecular weight excluding hydrogens is 210 g/mol. The van der Waals surface area contributed by atoms with Gasteiger partial charge in [0.25, 0.3) is 5.91 Å². The maximum Gasteiger partial charge on any atom is 0.316 e. The van der Waals surface area contributed by atoms with Crippen LogP contribution in [0.2, 0.25) is 0 Å². The van der Waals surface area contributed by atoms with Gasteiger partial charge in [-0.3, -0.25) is 4.79 Å². The van der Waals surface area contributed by atoms with Crippen LogP contribution >= 0.6 is 0 Å². The molecule has 88 valence electrons. The van der Waals surface area contributed by atoms with Gasteiger partial charge in [-0.05, 0) is 12.1 Å². The predicted molar refractivity (Wildman–Crippen MR) is 58.1 cm³/mol. The molecule has 0 unspecified atom stereocenters. The molecule has 0 saturated heterocycles. The third kappa shape index (κ3) is 3.64. The van der Waals surface area contributed by atoms with Gasteiger partial charge in [0.1, 0.15) is 0 Å². The first-order chi connectivity index (χ1) is 7.61. The number of carbonyl (C=O) groups excluding carboxylic acids is 2. The first-order valence-corrected chi connectivity index (χ1v) is 4.88. The molecule has 0 radical (unpaired) electrons. The summed E-state index contributed by atoms with van der Waals surface area (Å²) in [4.78, 5) is 23.9. The number of amides is 3. The maximum atomic E-state index is 11.4. The lowest BCUT2D eigenvalue weighted by Crippen LogP contribution is -2.39. The molecule has 0 aromatic carbocycles. The molecule has 1 aromatic heterocycles. The van der Waals surface area contributed by atoms with Crippen molar-refractivity contribution in [3.05, 3.63) is 24.2 Å². The van der Waals surface area contributed by atoms with E-state index in [1.165, 1.54) is 11.2 Å². The molecule has 16 heavy (non-hydrogen) atoms. The normalized spacial score (nSPS) is 9.62. The van der Waals surface area contributed by atoms with Gasteiger partial charge >= 0.3 is 6.03 Å². The first kappa shape index (κ1) is 12.1. The molecule has 0 spiro atoms.